The SMILES string of the molecule is CC1SCCN(c2nc(Cl)nc(Cl)n2)C1C. The first-order valence-electron chi connectivity index (χ1n) is 5.03. The van der Waals surface area contributed by atoms with Crippen LogP contribution in [0.15, 0.2) is 0 Å². The summed E-state index contributed by atoms with van der Waals surface area (Å²) in [5, 5.41) is 0.837. The fourth-order valence-corrected chi connectivity index (χ4v) is 3.11. The first-order valence-corrected chi connectivity index (χ1v) is 6.83. The van der Waals surface area contributed by atoms with Crippen molar-refractivity contribution >= 4 is 40.9 Å². The number of nitrogens with zero attached hydrogens (tertiary/aromatic N) is 4. The lowest BCUT2D eigenvalue weighted by Crippen LogP contribution is -2.45. The van der Waals surface area contributed by atoms with Gasteiger partial charge in [0.2, 0.25) is 16.5 Å². The van der Waals surface area contributed by atoms with Crippen molar-refractivity contribution in [2.24, 2.45) is 0 Å². The van der Waals surface area contributed by atoms with Gasteiger partial charge in [-0.05, 0) is 30.1 Å². The van der Waals surface area contributed by atoms with E-state index in [-0.39, 0.29) is 10.6 Å². The second kappa shape index (κ2) is 4.94. The molecule has 1 aromatic rings. The van der Waals surface area contributed by atoms with Crippen molar-refractivity contribution in [3.63, 3.8) is 0 Å². The summed E-state index contributed by atoms with van der Waals surface area (Å²) in [5.41, 5.74) is 0. The van der Waals surface area contributed by atoms with Crippen LogP contribution in [0.25, 0.3) is 0 Å². The normalized spacial score (nSPS) is 25.9. The molecule has 2 rings (SSSR count). The highest BCUT2D eigenvalue weighted by Gasteiger charge is 2.27. The van der Waals surface area contributed by atoms with Crippen molar-refractivity contribution in [1.82, 2.24) is 15.0 Å². The molecule has 0 N–H and O–H groups in total. The molecule has 0 amide bonds. The Morgan fingerprint density at radius 1 is 1.19 bits per heavy atom. The third-order valence-electron chi connectivity index (χ3n) is 2.71. The Morgan fingerprint density at radius 2 is 1.81 bits per heavy atom. The van der Waals surface area contributed by atoms with Crippen LogP contribution in [0.5, 0.6) is 0 Å². The van der Waals surface area contributed by atoms with Gasteiger partial charge in [-0.1, -0.05) is 6.92 Å². The lowest BCUT2D eigenvalue weighted by atomic mass is 10.2. The monoisotopic (exact) mass is 278 g/mol. The van der Waals surface area contributed by atoms with Crippen molar-refractivity contribution in [2.75, 3.05) is 17.2 Å². The van der Waals surface area contributed by atoms with Crippen LogP contribution in [0, 0.1) is 0 Å². The van der Waals surface area contributed by atoms with E-state index in [9.17, 15) is 0 Å². The fourth-order valence-electron chi connectivity index (χ4n) is 1.66. The molecule has 4 nitrogen and oxygen atoms in total. The summed E-state index contributed by atoms with van der Waals surface area (Å²) in [6.07, 6.45) is 0. The Labute approximate surface area is 109 Å². The largest absolute Gasteiger partial charge is 0.336 e. The summed E-state index contributed by atoms with van der Waals surface area (Å²) in [6.45, 7) is 5.27. The molecule has 2 unspecified atom stereocenters. The minimum Gasteiger partial charge on any atom is -0.336 e. The van der Waals surface area contributed by atoms with Crippen LogP contribution >= 0.6 is 35.0 Å². The molecule has 1 saturated heterocycles. The molecule has 0 spiro atoms. The number of aromatic nitrogens is 3. The van der Waals surface area contributed by atoms with E-state index in [4.69, 9.17) is 23.2 Å². The maximum absolute atomic E-state index is 5.77. The molecular formula is C9H12Cl2N4S. The number of hydrogen-bond donors (Lipinski definition) is 0. The molecule has 0 aromatic carbocycles. The molecule has 16 heavy (non-hydrogen) atoms. The van der Waals surface area contributed by atoms with Gasteiger partial charge in [0.05, 0.1) is 0 Å². The first-order chi connectivity index (χ1) is 7.58. The first kappa shape index (κ1) is 12.2. The van der Waals surface area contributed by atoms with E-state index < -0.39 is 0 Å². The van der Waals surface area contributed by atoms with Crippen LogP contribution in [0.2, 0.25) is 10.6 Å². The number of thioether (sulfide) groups is 1. The zero-order valence-corrected chi connectivity index (χ0v) is 11.4. The minimum absolute atomic E-state index is 0.146. The van der Waals surface area contributed by atoms with Crippen LogP contribution in [0.4, 0.5) is 5.95 Å². The van der Waals surface area contributed by atoms with Crippen LogP contribution in [-0.2, 0) is 0 Å². The van der Waals surface area contributed by atoms with Gasteiger partial charge in [0.25, 0.3) is 0 Å². The van der Waals surface area contributed by atoms with Crippen LogP contribution in [0.3, 0.4) is 0 Å². The predicted octanol–water partition coefficient (Wildman–Crippen LogP) is 2.51. The Hall–Kier alpha value is -0.260. The molecule has 0 bridgehead atoms. The van der Waals surface area contributed by atoms with E-state index in [0.717, 1.165) is 12.3 Å². The van der Waals surface area contributed by atoms with Crippen LogP contribution in [-0.4, -0.2) is 38.5 Å². The van der Waals surface area contributed by atoms with E-state index in [2.05, 4.69) is 33.7 Å². The van der Waals surface area contributed by atoms with Crippen molar-refractivity contribution in [2.45, 2.75) is 25.1 Å². The highest BCUT2D eigenvalue weighted by molar-refractivity contribution is 8.00. The van der Waals surface area contributed by atoms with E-state index in [1.807, 2.05) is 11.8 Å². The van der Waals surface area contributed by atoms with Gasteiger partial charge in [0, 0.05) is 23.6 Å². The highest BCUT2D eigenvalue weighted by Crippen LogP contribution is 2.27. The van der Waals surface area contributed by atoms with Gasteiger partial charge in [0.15, 0.2) is 0 Å². The summed E-state index contributed by atoms with van der Waals surface area (Å²) in [5.74, 6) is 1.64. The molecule has 1 aliphatic heterocycles. The standard InChI is InChI=1S/C9H12Cl2N4S/c1-5-6(2)16-4-3-15(5)9-13-7(10)12-8(11)14-9/h5-6H,3-4H2,1-2H3. The maximum atomic E-state index is 5.77. The van der Waals surface area contributed by atoms with Gasteiger partial charge in [0.1, 0.15) is 0 Å². The molecule has 0 saturated carbocycles. The molecule has 7 heteroatoms. The molecule has 0 aliphatic carbocycles. The second-order valence-electron chi connectivity index (χ2n) is 3.68. The lowest BCUT2D eigenvalue weighted by molar-refractivity contribution is 0.610. The van der Waals surface area contributed by atoms with Gasteiger partial charge in [-0.2, -0.15) is 26.7 Å². The average Bonchev–Trinajstić information content (AvgIpc) is 2.20. The van der Waals surface area contributed by atoms with E-state index >= 15 is 0 Å². The van der Waals surface area contributed by atoms with Gasteiger partial charge in [-0.15, -0.1) is 0 Å². The molecule has 2 atom stereocenters. The van der Waals surface area contributed by atoms with Crippen molar-refractivity contribution in [3.05, 3.63) is 10.6 Å². The van der Waals surface area contributed by atoms with Crippen molar-refractivity contribution in [3.8, 4) is 0 Å². The number of anilines is 1. The van der Waals surface area contributed by atoms with Gasteiger partial charge >= 0.3 is 0 Å². The zero-order valence-electron chi connectivity index (χ0n) is 9.02. The third-order valence-corrected chi connectivity index (χ3v) is 4.39. The molecule has 1 fully saturated rings. The molecule has 88 valence electrons. The minimum atomic E-state index is 0.146. The summed E-state index contributed by atoms with van der Waals surface area (Å²) in [6, 6.07) is 0.369. The fraction of sp³-hybridized carbons (Fsp3) is 0.667. The number of hydrogen-bond acceptors (Lipinski definition) is 5. The van der Waals surface area contributed by atoms with Crippen LogP contribution < -0.4 is 4.90 Å². The summed E-state index contributed by atoms with van der Waals surface area (Å²) < 4.78 is 0. The molecule has 0 radical (unpaired) electrons. The summed E-state index contributed by atoms with van der Waals surface area (Å²) >= 11 is 13.5. The maximum Gasteiger partial charge on any atom is 0.231 e. The topological polar surface area (TPSA) is 41.9 Å². The van der Waals surface area contributed by atoms with Crippen LogP contribution in [0.1, 0.15) is 13.8 Å². The average molecular weight is 279 g/mol. The zero-order chi connectivity index (χ0) is 11.7. The lowest BCUT2D eigenvalue weighted by Gasteiger charge is -2.37. The van der Waals surface area contributed by atoms with Crippen molar-refractivity contribution in [1.29, 1.82) is 0 Å². The molecule has 1 aliphatic rings. The second-order valence-corrected chi connectivity index (χ2v) is 5.84. The molecule has 1 aromatic heterocycles. The third kappa shape index (κ3) is 2.52. The molecular weight excluding hydrogens is 267 g/mol. The smallest absolute Gasteiger partial charge is 0.231 e. The van der Waals surface area contributed by atoms with E-state index in [1.165, 1.54) is 0 Å². The van der Waals surface area contributed by atoms with Gasteiger partial charge < -0.3 is 4.90 Å². The quantitative estimate of drug-likeness (QED) is 0.790. The number of rotatable bonds is 1. The molecule has 2 heterocycles. The van der Waals surface area contributed by atoms with Gasteiger partial charge in [-0.3, -0.25) is 0 Å². The Kier molecular flexibility index (Phi) is 3.77. The summed E-state index contributed by atoms with van der Waals surface area (Å²) in [4.78, 5) is 14.1. The Balaban J connectivity index is 2.28. The van der Waals surface area contributed by atoms with E-state index in [1.54, 1.807) is 0 Å². The number of halogens is 2. The summed E-state index contributed by atoms with van der Waals surface area (Å²) in [7, 11) is 0. The predicted molar refractivity (Wildman–Crippen MR) is 68.6 cm³/mol. The van der Waals surface area contributed by atoms with E-state index in [0.29, 0.717) is 17.2 Å². The Morgan fingerprint density at radius 3 is 2.44 bits per heavy atom. The van der Waals surface area contributed by atoms with Crippen molar-refractivity contribution < 1.29 is 0 Å². The highest BCUT2D eigenvalue weighted by atomic mass is 35.5. The Bertz CT molecular complexity index is 370. The van der Waals surface area contributed by atoms with Gasteiger partial charge in [-0.25, -0.2) is 0 Å².